The van der Waals surface area contributed by atoms with Gasteiger partial charge in [0.05, 0.1) is 6.04 Å². The van der Waals surface area contributed by atoms with Gasteiger partial charge in [-0.25, -0.2) is 4.99 Å². The van der Waals surface area contributed by atoms with E-state index < -0.39 is 47.4 Å². The maximum absolute atomic E-state index is 13.9. The Labute approximate surface area is 260 Å². The number of amides is 5. The summed E-state index contributed by atoms with van der Waals surface area (Å²) in [5, 5.41) is 14.1. The fourth-order valence-corrected chi connectivity index (χ4v) is 4.95. The highest BCUT2D eigenvalue weighted by Crippen LogP contribution is 2.19. The van der Waals surface area contributed by atoms with Crippen molar-refractivity contribution in [2.24, 2.45) is 22.4 Å². The van der Waals surface area contributed by atoms with Crippen LogP contribution in [0.25, 0.3) is 0 Å². The zero-order chi connectivity index (χ0) is 32.9. The molecule has 1 saturated heterocycles. The van der Waals surface area contributed by atoms with Crippen LogP contribution < -0.4 is 38.1 Å². The van der Waals surface area contributed by atoms with E-state index in [1.165, 1.54) is 0 Å². The molecular weight excluding hydrogens is 564 g/mol. The Morgan fingerprint density at radius 3 is 2.20 bits per heavy atom. The van der Waals surface area contributed by atoms with E-state index >= 15 is 0 Å². The molecule has 1 aliphatic heterocycles. The maximum atomic E-state index is 13.9. The summed E-state index contributed by atoms with van der Waals surface area (Å²) in [7, 11) is 0. The highest BCUT2D eigenvalue weighted by molar-refractivity contribution is 5.97. The van der Waals surface area contributed by atoms with Gasteiger partial charge in [-0.05, 0) is 38.2 Å². The minimum atomic E-state index is -1.33. The van der Waals surface area contributed by atoms with Gasteiger partial charge in [-0.2, -0.15) is 0 Å². The molecule has 5 atom stereocenters. The van der Waals surface area contributed by atoms with E-state index in [4.69, 9.17) is 11.5 Å². The Balaban J connectivity index is 2.50. The van der Waals surface area contributed by atoms with Gasteiger partial charge in [0.2, 0.25) is 29.5 Å². The van der Waals surface area contributed by atoms with Crippen LogP contribution in [-0.2, 0) is 24.0 Å². The average Bonchev–Trinajstić information content (AvgIpc) is 2.98. The molecule has 0 aliphatic carbocycles. The van der Waals surface area contributed by atoms with Crippen molar-refractivity contribution >= 4 is 35.5 Å². The first-order chi connectivity index (χ1) is 20.8. The van der Waals surface area contributed by atoms with Gasteiger partial charge in [-0.3, -0.25) is 24.0 Å². The molecule has 13 nitrogen and oxygen atoms in total. The molecule has 244 valence electrons. The van der Waals surface area contributed by atoms with Crippen molar-refractivity contribution in [1.82, 2.24) is 26.6 Å². The van der Waals surface area contributed by atoms with Crippen LogP contribution in [0.3, 0.4) is 0 Å². The van der Waals surface area contributed by atoms with Crippen LogP contribution in [0.5, 0.6) is 0 Å². The molecular formula is C31H50N8O5. The molecule has 0 saturated carbocycles. The predicted molar refractivity (Wildman–Crippen MR) is 169 cm³/mol. The molecule has 1 unspecified atom stereocenters. The molecule has 5 amide bonds. The van der Waals surface area contributed by atoms with Crippen LogP contribution >= 0.6 is 0 Å². The fourth-order valence-electron chi connectivity index (χ4n) is 4.95. The van der Waals surface area contributed by atoms with Gasteiger partial charge < -0.3 is 38.1 Å². The van der Waals surface area contributed by atoms with Crippen LogP contribution in [0.2, 0.25) is 0 Å². The van der Waals surface area contributed by atoms with Crippen molar-refractivity contribution in [3.8, 4) is 0 Å². The fraction of sp³-hybridized carbons (Fsp3) is 0.613. The number of benzene rings is 1. The summed E-state index contributed by atoms with van der Waals surface area (Å²) in [4.78, 5) is 71.3. The predicted octanol–water partition coefficient (Wildman–Crippen LogP) is 0.887. The first kappa shape index (κ1) is 36.0. The lowest BCUT2D eigenvalue weighted by molar-refractivity contribution is -0.138. The van der Waals surface area contributed by atoms with Crippen LogP contribution in [0.4, 0.5) is 0 Å². The maximum Gasteiger partial charge on any atom is 0.247 e. The summed E-state index contributed by atoms with van der Waals surface area (Å²) in [6.07, 6.45) is 3.60. The SMILES string of the molecule is CCC(N=C(N)N)[C@@H]1NC(=O)[C@](C)(NC(=O)C(C)C)CCCCCCNC(=O)[C@@H](c2ccccc2)NC(=O)[C@H](CC)NC1=O. The molecule has 1 aliphatic rings. The zero-order valence-electron chi connectivity index (χ0n) is 26.6. The second-order valence-electron chi connectivity index (χ2n) is 11.7. The first-order valence-electron chi connectivity index (χ1n) is 15.5. The second kappa shape index (κ2) is 17.2. The molecule has 9 N–H and O–H groups in total. The summed E-state index contributed by atoms with van der Waals surface area (Å²) in [5.74, 6) is -3.12. The molecule has 0 radical (unpaired) electrons. The Bertz CT molecular complexity index is 1170. The third-order valence-corrected chi connectivity index (χ3v) is 7.74. The number of guanidine groups is 1. The largest absolute Gasteiger partial charge is 0.370 e. The van der Waals surface area contributed by atoms with Crippen molar-refractivity contribution in [2.45, 2.75) is 109 Å². The van der Waals surface area contributed by atoms with E-state index in [9.17, 15) is 24.0 Å². The second-order valence-corrected chi connectivity index (χ2v) is 11.7. The molecule has 1 aromatic carbocycles. The minimum absolute atomic E-state index is 0.197. The van der Waals surface area contributed by atoms with Crippen molar-refractivity contribution in [3.63, 3.8) is 0 Å². The van der Waals surface area contributed by atoms with Gasteiger partial charge in [0.15, 0.2) is 5.96 Å². The number of rotatable bonds is 7. The minimum Gasteiger partial charge on any atom is -0.370 e. The average molecular weight is 615 g/mol. The van der Waals surface area contributed by atoms with Crippen LogP contribution in [0, 0.1) is 5.92 Å². The highest BCUT2D eigenvalue weighted by atomic mass is 16.2. The van der Waals surface area contributed by atoms with E-state index in [-0.39, 0.29) is 36.5 Å². The third-order valence-electron chi connectivity index (χ3n) is 7.74. The third kappa shape index (κ3) is 10.5. The Morgan fingerprint density at radius 2 is 1.61 bits per heavy atom. The van der Waals surface area contributed by atoms with Crippen LogP contribution in [0.15, 0.2) is 35.3 Å². The van der Waals surface area contributed by atoms with Gasteiger partial charge in [0.25, 0.3) is 0 Å². The van der Waals surface area contributed by atoms with Gasteiger partial charge in [-0.15, -0.1) is 0 Å². The number of hydrogen-bond donors (Lipinski definition) is 7. The topological polar surface area (TPSA) is 210 Å². The van der Waals surface area contributed by atoms with Crippen molar-refractivity contribution < 1.29 is 24.0 Å². The summed E-state index contributed by atoms with van der Waals surface area (Å²) in [6.45, 7) is 8.96. The van der Waals surface area contributed by atoms with Gasteiger partial charge >= 0.3 is 0 Å². The molecule has 0 spiro atoms. The molecule has 13 heteroatoms. The first-order valence-corrected chi connectivity index (χ1v) is 15.5. The number of nitrogens with two attached hydrogens (primary N) is 2. The van der Waals surface area contributed by atoms with E-state index in [1.54, 1.807) is 58.9 Å². The lowest BCUT2D eigenvalue weighted by Gasteiger charge is -2.34. The Morgan fingerprint density at radius 1 is 0.955 bits per heavy atom. The number of nitrogens with one attached hydrogen (secondary N) is 5. The number of carbonyl (C=O) groups is 5. The quantitative estimate of drug-likeness (QED) is 0.174. The monoisotopic (exact) mass is 614 g/mol. The summed E-state index contributed by atoms with van der Waals surface area (Å²) >= 11 is 0. The lowest BCUT2D eigenvalue weighted by atomic mass is 9.91. The van der Waals surface area contributed by atoms with Crippen molar-refractivity contribution in [3.05, 3.63) is 35.9 Å². The van der Waals surface area contributed by atoms with E-state index in [0.29, 0.717) is 31.4 Å². The molecule has 0 bridgehead atoms. The van der Waals surface area contributed by atoms with Gasteiger partial charge in [0.1, 0.15) is 23.7 Å². The van der Waals surface area contributed by atoms with Crippen LogP contribution in [0.1, 0.15) is 91.2 Å². The number of hydrogen-bond acceptors (Lipinski definition) is 6. The standard InChI is InChI=1S/C31H50N8O5/c1-6-21(36-30(32)33)24-28(43)35-22(7-2)26(41)37-23(20-15-11-10-12-16-20)27(42)34-18-14-9-8-13-17-31(5,29(44)38-24)39-25(40)19(3)4/h10-12,15-16,19,21-24H,6-9,13-14,17-18H2,1-5H3,(H,34,42)(H,35,43)(H,37,41)(H,38,44)(H,39,40)(H4,32,33,36)/t21?,22-,23+,24-,31+/m0/s1. The normalized spacial score (nSPS) is 25.3. The van der Waals surface area contributed by atoms with Crippen molar-refractivity contribution in [1.29, 1.82) is 0 Å². The summed E-state index contributed by atoms with van der Waals surface area (Å²) < 4.78 is 0. The number of aliphatic imine (C=N–C) groups is 1. The molecule has 1 aromatic rings. The Kier molecular flexibility index (Phi) is 14.1. The van der Waals surface area contributed by atoms with Crippen molar-refractivity contribution in [2.75, 3.05) is 6.54 Å². The molecule has 1 fully saturated rings. The zero-order valence-corrected chi connectivity index (χ0v) is 26.6. The molecule has 2 rings (SSSR count). The molecule has 44 heavy (non-hydrogen) atoms. The highest BCUT2D eigenvalue weighted by Gasteiger charge is 2.40. The van der Waals surface area contributed by atoms with Gasteiger partial charge in [-0.1, -0.05) is 77.3 Å². The molecule has 1 heterocycles. The number of nitrogens with zero attached hydrogens (tertiary/aromatic N) is 1. The van der Waals surface area contributed by atoms with E-state index in [1.807, 2.05) is 6.07 Å². The van der Waals surface area contributed by atoms with E-state index in [0.717, 1.165) is 12.8 Å². The van der Waals surface area contributed by atoms with E-state index in [2.05, 4.69) is 31.6 Å². The Hall–Kier alpha value is -4.16. The lowest BCUT2D eigenvalue weighted by Crippen LogP contribution is -2.64. The summed E-state index contributed by atoms with van der Waals surface area (Å²) in [6, 6.07) is 4.73. The molecule has 0 aromatic heterocycles. The number of carbonyl (C=O) groups excluding carboxylic acids is 5. The van der Waals surface area contributed by atoms with Gasteiger partial charge in [0, 0.05) is 12.5 Å². The smallest absolute Gasteiger partial charge is 0.247 e. The summed E-state index contributed by atoms with van der Waals surface area (Å²) in [5.41, 5.74) is 10.6. The van der Waals surface area contributed by atoms with Crippen LogP contribution in [-0.4, -0.2) is 65.7 Å².